The Morgan fingerprint density at radius 1 is 1.04 bits per heavy atom. The molecule has 2 aromatic rings. The predicted octanol–water partition coefficient (Wildman–Crippen LogP) is 3.01. The Morgan fingerprint density at radius 3 is 2.48 bits per heavy atom. The van der Waals surface area contributed by atoms with Crippen LogP contribution in [0.2, 0.25) is 0 Å². The Kier molecular flexibility index (Phi) is 3.01. The highest BCUT2D eigenvalue weighted by Gasteiger charge is 2.52. The predicted molar refractivity (Wildman–Crippen MR) is 86.8 cm³/mol. The lowest BCUT2D eigenvalue weighted by molar-refractivity contribution is -0.117. The standard InChI is InChI=1S/C19H17NO3/c21-17(11-13-5-1-2-6-14(13)18(22)23)20-12-19(9-10-19)15-7-3-4-8-16(15)20/h1-8H,9-12H2,(H,22,23). The number of nitrogens with zero attached hydrogens (tertiary/aromatic N) is 1. The molecule has 0 unspecified atom stereocenters. The summed E-state index contributed by atoms with van der Waals surface area (Å²) < 4.78 is 0. The summed E-state index contributed by atoms with van der Waals surface area (Å²) >= 11 is 0. The van der Waals surface area contributed by atoms with Gasteiger partial charge in [0.15, 0.2) is 0 Å². The van der Waals surface area contributed by atoms with Gasteiger partial charge in [-0.15, -0.1) is 0 Å². The third kappa shape index (κ3) is 2.22. The second-order valence-corrected chi connectivity index (χ2v) is 6.42. The van der Waals surface area contributed by atoms with Crippen molar-refractivity contribution < 1.29 is 14.7 Å². The molecule has 0 saturated heterocycles. The van der Waals surface area contributed by atoms with Crippen LogP contribution in [0, 0.1) is 0 Å². The summed E-state index contributed by atoms with van der Waals surface area (Å²) in [7, 11) is 0. The van der Waals surface area contributed by atoms with Crippen LogP contribution in [-0.4, -0.2) is 23.5 Å². The van der Waals surface area contributed by atoms with Crippen LogP contribution in [0.4, 0.5) is 5.69 Å². The SMILES string of the molecule is O=C(O)c1ccccc1CC(=O)N1CC2(CC2)c2ccccc21. The van der Waals surface area contributed by atoms with Gasteiger partial charge in [0.25, 0.3) is 0 Å². The fourth-order valence-corrected chi connectivity index (χ4v) is 3.57. The van der Waals surface area contributed by atoms with Gasteiger partial charge >= 0.3 is 5.97 Å². The maximum absolute atomic E-state index is 12.8. The van der Waals surface area contributed by atoms with E-state index in [4.69, 9.17) is 0 Å². The molecule has 1 aliphatic heterocycles. The highest BCUT2D eigenvalue weighted by molar-refractivity contribution is 5.99. The number of fused-ring (bicyclic) bond motifs is 2. The number of hydrogen-bond acceptors (Lipinski definition) is 2. The summed E-state index contributed by atoms with van der Waals surface area (Å²) in [5.74, 6) is -1.02. The maximum atomic E-state index is 12.8. The number of amides is 1. The number of hydrogen-bond donors (Lipinski definition) is 1. The topological polar surface area (TPSA) is 57.6 Å². The van der Waals surface area contributed by atoms with Crippen LogP contribution in [-0.2, 0) is 16.6 Å². The third-order valence-corrected chi connectivity index (χ3v) is 4.97. The van der Waals surface area contributed by atoms with Crippen LogP contribution >= 0.6 is 0 Å². The quantitative estimate of drug-likeness (QED) is 0.948. The number of anilines is 1. The zero-order valence-corrected chi connectivity index (χ0v) is 12.7. The van der Waals surface area contributed by atoms with Crippen LogP contribution in [0.15, 0.2) is 48.5 Å². The molecule has 0 radical (unpaired) electrons. The Labute approximate surface area is 134 Å². The molecule has 4 rings (SSSR count). The number of rotatable bonds is 3. The van der Waals surface area contributed by atoms with Crippen molar-refractivity contribution in [2.45, 2.75) is 24.7 Å². The lowest BCUT2D eigenvalue weighted by atomic mass is 9.99. The van der Waals surface area contributed by atoms with Crippen molar-refractivity contribution in [2.24, 2.45) is 0 Å². The van der Waals surface area contributed by atoms with Crippen LogP contribution in [0.25, 0.3) is 0 Å². The van der Waals surface area contributed by atoms with E-state index in [1.807, 2.05) is 23.1 Å². The van der Waals surface area contributed by atoms with Crippen molar-refractivity contribution >= 4 is 17.6 Å². The van der Waals surface area contributed by atoms with E-state index in [2.05, 4.69) is 6.07 Å². The molecule has 0 atom stereocenters. The molecular weight excluding hydrogens is 290 g/mol. The number of benzene rings is 2. The molecule has 2 aromatic carbocycles. The molecule has 2 aliphatic rings. The fourth-order valence-electron chi connectivity index (χ4n) is 3.57. The average molecular weight is 307 g/mol. The smallest absolute Gasteiger partial charge is 0.335 e. The summed E-state index contributed by atoms with van der Waals surface area (Å²) in [6.45, 7) is 0.723. The Hall–Kier alpha value is -2.62. The van der Waals surface area contributed by atoms with Crippen molar-refractivity contribution in [2.75, 3.05) is 11.4 Å². The van der Waals surface area contributed by atoms with E-state index in [9.17, 15) is 14.7 Å². The van der Waals surface area contributed by atoms with Crippen molar-refractivity contribution in [1.29, 1.82) is 0 Å². The van der Waals surface area contributed by atoms with E-state index in [0.29, 0.717) is 5.56 Å². The first-order chi connectivity index (χ1) is 11.1. The number of carboxylic acids is 1. The molecule has 4 nitrogen and oxygen atoms in total. The summed E-state index contributed by atoms with van der Waals surface area (Å²) in [6, 6.07) is 14.8. The van der Waals surface area contributed by atoms with Gasteiger partial charge in [0.05, 0.1) is 12.0 Å². The third-order valence-electron chi connectivity index (χ3n) is 4.97. The van der Waals surface area contributed by atoms with Crippen molar-refractivity contribution in [1.82, 2.24) is 0 Å². The molecule has 1 amide bonds. The minimum atomic E-state index is -0.992. The van der Waals surface area contributed by atoms with E-state index in [-0.39, 0.29) is 23.3 Å². The average Bonchev–Trinajstić information content (AvgIpc) is 3.25. The highest BCUT2D eigenvalue weighted by Crippen LogP contribution is 2.56. The lowest BCUT2D eigenvalue weighted by Gasteiger charge is -2.18. The van der Waals surface area contributed by atoms with Crippen molar-refractivity contribution in [3.05, 3.63) is 65.2 Å². The minimum Gasteiger partial charge on any atom is -0.478 e. The van der Waals surface area contributed by atoms with Crippen LogP contribution in [0.3, 0.4) is 0 Å². The largest absolute Gasteiger partial charge is 0.478 e. The van der Waals surface area contributed by atoms with Gasteiger partial charge in [-0.1, -0.05) is 36.4 Å². The zero-order valence-electron chi connectivity index (χ0n) is 12.7. The number of carbonyl (C=O) groups excluding carboxylic acids is 1. The van der Waals surface area contributed by atoms with Crippen molar-refractivity contribution in [3.8, 4) is 0 Å². The fraction of sp³-hybridized carbons (Fsp3) is 0.263. The van der Waals surface area contributed by atoms with Crippen LogP contribution in [0.5, 0.6) is 0 Å². The molecule has 0 aromatic heterocycles. The lowest BCUT2D eigenvalue weighted by Crippen LogP contribution is -2.33. The van der Waals surface area contributed by atoms with Crippen molar-refractivity contribution in [3.63, 3.8) is 0 Å². The number of carboxylic acid groups (broad SMARTS) is 1. The van der Waals surface area contributed by atoms with Gasteiger partial charge in [-0.25, -0.2) is 4.79 Å². The second-order valence-electron chi connectivity index (χ2n) is 6.42. The van der Waals surface area contributed by atoms with Gasteiger partial charge < -0.3 is 10.0 Å². The first-order valence-corrected chi connectivity index (χ1v) is 7.82. The van der Waals surface area contributed by atoms with Gasteiger partial charge in [-0.05, 0) is 36.1 Å². The molecule has 0 bridgehead atoms. The number of aromatic carboxylic acids is 1. The van der Waals surface area contributed by atoms with Gasteiger partial charge in [0.1, 0.15) is 0 Å². The molecule has 23 heavy (non-hydrogen) atoms. The van der Waals surface area contributed by atoms with E-state index in [0.717, 1.165) is 25.1 Å². The normalized spacial score (nSPS) is 17.1. The van der Waals surface area contributed by atoms with Gasteiger partial charge in [-0.3, -0.25) is 4.79 Å². The van der Waals surface area contributed by atoms with E-state index >= 15 is 0 Å². The molecule has 1 fully saturated rings. The monoisotopic (exact) mass is 307 g/mol. The molecular formula is C19H17NO3. The zero-order chi connectivity index (χ0) is 16.0. The van der Waals surface area contributed by atoms with E-state index in [1.165, 1.54) is 5.56 Å². The van der Waals surface area contributed by atoms with Gasteiger partial charge in [0.2, 0.25) is 5.91 Å². The molecule has 1 aliphatic carbocycles. The molecule has 4 heteroatoms. The van der Waals surface area contributed by atoms with E-state index < -0.39 is 5.97 Å². The van der Waals surface area contributed by atoms with Crippen LogP contribution < -0.4 is 4.90 Å². The Balaban J connectivity index is 1.63. The second kappa shape index (κ2) is 4.95. The summed E-state index contributed by atoms with van der Waals surface area (Å²) in [6.07, 6.45) is 2.37. The van der Waals surface area contributed by atoms with Crippen LogP contribution in [0.1, 0.15) is 34.3 Å². The van der Waals surface area contributed by atoms with E-state index in [1.54, 1.807) is 24.3 Å². The highest BCUT2D eigenvalue weighted by atomic mass is 16.4. The molecule has 116 valence electrons. The number of carbonyl (C=O) groups is 2. The summed E-state index contributed by atoms with van der Waals surface area (Å²) in [5, 5.41) is 9.27. The molecule has 1 spiro atoms. The minimum absolute atomic E-state index is 0.0325. The first kappa shape index (κ1) is 14.0. The number of para-hydroxylation sites is 1. The van der Waals surface area contributed by atoms with Gasteiger partial charge in [0, 0.05) is 17.6 Å². The molecule has 1 heterocycles. The maximum Gasteiger partial charge on any atom is 0.335 e. The molecule has 1 saturated carbocycles. The first-order valence-electron chi connectivity index (χ1n) is 7.82. The summed E-state index contributed by atoms with van der Waals surface area (Å²) in [5.41, 5.74) is 3.18. The summed E-state index contributed by atoms with van der Waals surface area (Å²) in [4.78, 5) is 25.9. The Bertz CT molecular complexity index is 808. The molecule has 1 N–H and O–H groups in total. The van der Waals surface area contributed by atoms with Gasteiger partial charge in [-0.2, -0.15) is 0 Å². The Morgan fingerprint density at radius 2 is 1.74 bits per heavy atom.